The number of alkyl halides is 3. The van der Waals surface area contributed by atoms with Gasteiger partial charge in [0.15, 0.2) is 0 Å². The molecule has 0 aromatic heterocycles. The number of rotatable bonds is 4. The van der Waals surface area contributed by atoms with E-state index in [1.165, 1.54) is 12.1 Å². The third-order valence-corrected chi connectivity index (χ3v) is 6.28. The fraction of sp³-hybridized carbons (Fsp3) is 0.591. The van der Waals surface area contributed by atoms with Crippen LogP contribution in [0.2, 0.25) is 0 Å². The van der Waals surface area contributed by atoms with Gasteiger partial charge in [-0.05, 0) is 44.5 Å². The Hall–Kier alpha value is -2.69. The topological polar surface area (TPSA) is 81.2 Å². The summed E-state index contributed by atoms with van der Waals surface area (Å²) < 4.78 is 45.4. The number of hydrogen-bond acceptors (Lipinski definition) is 4. The monoisotopic (exact) mass is 475 g/mol. The third-order valence-electron chi connectivity index (χ3n) is 6.28. The molecule has 2 heterocycles. The number of amides is 2. The number of carboxylic acid groups (broad SMARTS) is 1. The van der Waals surface area contributed by atoms with E-state index >= 15 is 0 Å². The summed E-state index contributed by atoms with van der Waals surface area (Å²) in [6.07, 6.45) is -2.56. The summed E-state index contributed by atoms with van der Waals surface area (Å²) in [5.41, 5.74) is 0.328. The van der Waals surface area contributed by atoms with Gasteiger partial charge in [0.2, 0.25) is 11.8 Å². The van der Waals surface area contributed by atoms with E-state index in [1.54, 1.807) is 17.0 Å². The predicted molar refractivity (Wildman–Crippen MR) is 113 cm³/mol. The van der Waals surface area contributed by atoms with E-state index in [4.69, 9.17) is 9.90 Å². The number of hydrogen-bond donors (Lipinski definition) is 1. The number of anilines is 1. The van der Waals surface area contributed by atoms with Gasteiger partial charge in [0, 0.05) is 31.2 Å². The lowest BCUT2D eigenvalue weighted by atomic mass is 9.92. The number of benzene rings is 1. The molecule has 2 aliphatic heterocycles. The Kier molecular flexibility index (Phi) is 8.45. The molecule has 33 heavy (non-hydrogen) atoms. The number of halogens is 4. The number of carbonyl (C=O) groups is 3. The summed E-state index contributed by atoms with van der Waals surface area (Å²) in [7, 11) is 1.95. The highest BCUT2D eigenvalue weighted by Crippen LogP contribution is 2.34. The van der Waals surface area contributed by atoms with Crippen molar-refractivity contribution in [1.82, 2.24) is 9.80 Å². The molecule has 0 aliphatic carbocycles. The number of aliphatic carboxylic acids is 1. The molecular weight excluding hydrogens is 446 g/mol. The van der Waals surface area contributed by atoms with Crippen LogP contribution in [0.4, 0.5) is 23.2 Å². The van der Waals surface area contributed by atoms with Crippen molar-refractivity contribution in [3.63, 3.8) is 0 Å². The number of nitrogens with zero attached hydrogens (tertiary/aromatic N) is 3. The standard InChI is InChI=1S/C20H28FN3O2.C2HF3O2/c1-4-15(5-2)19(26)23-10-9-20(13-23)14-24(18(25)12-22(20)3)17-8-6-7-16(21)11-17;3-2(4,5)1(6)7/h6-8,11,15H,4-5,9-10,12-14H2,1-3H3;(H,6,7). The highest BCUT2D eigenvalue weighted by molar-refractivity contribution is 5.96. The molecule has 2 aliphatic rings. The summed E-state index contributed by atoms with van der Waals surface area (Å²) >= 11 is 0. The maximum Gasteiger partial charge on any atom is 0.490 e. The fourth-order valence-electron chi connectivity index (χ4n) is 4.22. The molecule has 2 saturated heterocycles. The normalized spacial score (nSPS) is 21.4. The molecular formula is C22H29F4N3O4. The van der Waals surface area contributed by atoms with Gasteiger partial charge in [0.05, 0.1) is 12.1 Å². The molecule has 184 valence electrons. The van der Waals surface area contributed by atoms with Crippen molar-refractivity contribution < 1.29 is 37.1 Å². The third kappa shape index (κ3) is 6.21. The van der Waals surface area contributed by atoms with Crippen molar-refractivity contribution in [2.75, 3.05) is 38.1 Å². The van der Waals surface area contributed by atoms with Crippen molar-refractivity contribution in [3.8, 4) is 0 Å². The van der Waals surface area contributed by atoms with E-state index in [9.17, 15) is 27.2 Å². The van der Waals surface area contributed by atoms with E-state index in [0.717, 1.165) is 19.3 Å². The molecule has 1 atom stereocenters. The summed E-state index contributed by atoms with van der Waals surface area (Å²) in [6, 6.07) is 6.17. The number of carbonyl (C=O) groups excluding carboxylic acids is 2. The smallest absolute Gasteiger partial charge is 0.475 e. The van der Waals surface area contributed by atoms with Crippen LogP contribution in [0.1, 0.15) is 33.1 Å². The molecule has 1 aromatic carbocycles. The molecule has 1 spiro atoms. The Balaban J connectivity index is 0.000000479. The Labute approximate surface area is 189 Å². The minimum absolute atomic E-state index is 0.0338. The van der Waals surface area contributed by atoms with E-state index in [0.29, 0.717) is 25.3 Å². The van der Waals surface area contributed by atoms with Gasteiger partial charge in [0.1, 0.15) is 5.82 Å². The quantitative estimate of drug-likeness (QED) is 0.677. The SMILES string of the molecule is CCC(CC)C(=O)N1CCC2(C1)CN(c1cccc(F)c1)C(=O)CN2C.O=C(O)C(F)(F)F. The van der Waals surface area contributed by atoms with Gasteiger partial charge >= 0.3 is 12.1 Å². The second kappa shape index (κ2) is 10.5. The number of piperazine rings is 1. The van der Waals surface area contributed by atoms with Crippen LogP contribution in [-0.2, 0) is 14.4 Å². The molecule has 1 unspecified atom stereocenters. The molecule has 0 bridgehead atoms. The Morgan fingerprint density at radius 3 is 2.30 bits per heavy atom. The highest BCUT2D eigenvalue weighted by atomic mass is 19.4. The molecule has 1 aromatic rings. The van der Waals surface area contributed by atoms with Gasteiger partial charge in [-0.25, -0.2) is 9.18 Å². The number of likely N-dealkylation sites (tertiary alicyclic amines) is 1. The number of carboxylic acids is 1. The van der Waals surface area contributed by atoms with Crippen molar-refractivity contribution in [1.29, 1.82) is 0 Å². The van der Waals surface area contributed by atoms with Gasteiger partial charge in [-0.1, -0.05) is 19.9 Å². The van der Waals surface area contributed by atoms with Crippen LogP contribution in [-0.4, -0.2) is 77.6 Å². The molecule has 11 heteroatoms. The largest absolute Gasteiger partial charge is 0.490 e. The summed E-state index contributed by atoms with van der Waals surface area (Å²) in [5, 5.41) is 7.12. The zero-order valence-corrected chi connectivity index (χ0v) is 18.9. The Morgan fingerprint density at radius 1 is 1.18 bits per heavy atom. The van der Waals surface area contributed by atoms with Crippen LogP contribution in [0.25, 0.3) is 0 Å². The second-order valence-corrected chi connectivity index (χ2v) is 8.37. The minimum atomic E-state index is -5.08. The van der Waals surface area contributed by atoms with Gasteiger partial charge in [0.25, 0.3) is 0 Å². The van der Waals surface area contributed by atoms with Crippen LogP contribution in [0, 0.1) is 11.7 Å². The molecule has 0 radical (unpaired) electrons. The minimum Gasteiger partial charge on any atom is -0.475 e. The lowest BCUT2D eigenvalue weighted by Gasteiger charge is -2.46. The fourth-order valence-corrected chi connectivity index (χ4v) is 4.22. The van der Waals surface area contributed by atoms with Gasteiger partial charge in [-0.3, -0.25) is 14.5 Å². The molecule has 0 saturated carbocycles. The summed E-state index contributed by atoms with van der Waals surface area (Å²) in [6.45, 7) is 6.20. The molecule has 3 rings (SSSR count). The maximum atomic E-state index is 13.6. The second-order valence-electron chi connectivity index (χ2n) is 8.37. The first kappa shape index (κ1) is 26.6. The molecule has 7 nitrogen and oxygen atoms in total. The maximum absolute atomic E-state index is 13.6. The van der Waals surface area contributed by atoms with E-state index in [2.05, 4.69) is 18.7 Å². The Morgan fingerprint density at radius 2 is 1.79 bits per heavy atom. The predicted octanol–water partition coefficient (Wildman–Crippen LogP) is 3.14. The zero-order valence-electron chi connectivity index (χ0n) is 18.9. The van der Waals surface area contributed by atoms with Gasteiger partial charge < -0.3 is 14.9 Å². The lowest BCUT2D eigenvalue weighted by molar-refractivity contribution is -0.192. The molecule has 1 N–H and O–H groups in total. The summed E-state index contributed by atoms with van der Waals surface area (Å²) in [4.78, 5) is 39.9. The van der Waals surface area contributed by atoms with E-state index in [1.807, 2.05) is 11.9 Å². The van der Waals surface area contributed by atoms with E-state index < -0.39 is 12.1 Å². The van der Waals surface area contributed by atoms with Crippen LogP contribution in [0.5, 0.6) is 0 Å². The van der Waals surface area contributed by atoms with Crippen LogP contribution >= 0.6 is 0 Å². The first-order valence-electron chi connectivity index (χ1n) is 10.7. The van der Waals surface area contributed by atoms with Gasteiger partial charge in [-0.2, -0.15) is 13.2 Å². The van der Waals surface area contributed by atoms with Crippen molar-refractivity contribution in [2.45, 2.75) is 44.8 Å². The lowest BCUT2D eigenvalue weighted by Crippen LogP contribution is -2.64. The van der Waals surface area contributed by atoms with Crippen molar-refractivity contribution >= 4 is 23.5 Å². The van der Waals surface area contributed by atoms with E-state index in [-0.39, 0.29) is 35.6 Å². The van der Waals surface area contributed by atoms with Crippen LogP contribution < -0.4 is 4.90 Å². The molecule has 2 fully saturated rings. The average Bonchev–Trinajstić information content (AvgIpc) is 3.17. The highest BCUT2D eigenvalue weighted by Gasteiger charge is 2.49. The summed E-state index contributed by atoms with van der Waals surface area (Å²) in [5.74, 6) is -2.85. The first-order chi connectivity index (χ1) is 15.3. The van der Waals surface area contributed by atoms with Gasteiger partial charge in [-0.15, -0.1) is 0 Å². The van der Waals surface area contributed by atoms with Crippen LogP contribution in [0.3, 0.4) is 0 Å². The Bertz CT molecular complexity index is 875. The molecule has 2 amide bonds. The first-order valence-corrected chi connectivity index (χ1v) is 10.7. The van der Waals surface area contributed by atoms with Crippen LogP contribution in [0.15, 0.2) is 24.3 Å². The number of likely N-dealkylation sites (N-methyl/N-ethyl adjacent to an activating group) is 1. The van der Waals surface area contributed by atoms with Crippen molar-refractivity contribution in [3.05, 3.63) is 30.1 Å². The zero-order chi connectivity index (χ0) is 25.0. The average molecular weight is 475 g/mol. The van der Waals surface area contributed by atoms with Crippen molar-refractivity contribution in [2.24, 2.45) is 5.92 Å².